The number of aromatic amines is 1. The molecule has 2 N–H and O–H groups in total. The third-order valence-electron chi connectivity index (χ3n) is 3.02. The van der Waals surface area contributed by atoms with Gasteiger partial charge in [-0.05, 0) is 18.9 Å². The molecule has 0 aromatic carbocycles. The van der Waals surface area contributed by atoms with Gasteiger partial charge in [0.15, 0.2) is 0 Å². The Balaban J connectivity index is 2.94. The van der Waals surface area contributed by atoms with Crippen LogP contribution in [0.1, 0.15) is 37.0 Å². The van der Waals surface area contributed by atoms with Crippen LogP contribution in [0.4, 0.5) is 0 Å². The van der Waals surface area contributed by atoms with Crippen molar-refractivity contribution in [2.75, 3.05) is 13.2 Å². The largest absolute Gasteiger partial charge is 0.395 e. The van der Waals surface area contributed by atoms with E-state index in [1.165, 1.54) is 18.3 Å². The van der Waals surface area contributed by atoms with Crippen molar-refractivity contribution in [3.8, 4) is 0 Å². The third kappa shape index (κ3) is 3.43. The van der Waals surface area contributed by atoms with E-state index in [4.69, 9.17) is 5.11 Å². The third-order valence-corrected chi connectivity index (χ3v) is 3.02. The zero-order valence-corrected chi connectivity index (χ0v) is 10.8. The number of hydrogen-bond donors (Lipinski definition) is 2. The molecule has 0 aliphatic heterocycles. The van der Waals surface area contributed by atoms with Gasteiger partial charge in [0.2, 0.25) is 5.56 Å². The molecule has 1 heterocycles. The number of amides is 1. The van der Waals surface area contributed by atoms with E-state index in [0.717, 1.165) is 12.8 Å². The molecule has 0 unspecified atom stereocenters. The zero-order valence-electron chi connectivity index (χ0n) is 10.8. The molecule has 0 aliphatic rings. The first-order valence-corrected chi connectivity index (χ1v) is 6.24. The van der Waals surface area contributed by atoms with E-state index in [0.29, 0.717) is 12.1 Å². The first kappa shape index (κ1) is 14.4. The Labute approximate surface area is 106 Å². The monoisotopic (exact) mass is 252 g/mol. The highest BCUT2D eigenvalue weighted by atomic mass is 16.3. The first-order chi connectivity index (χ1) is 8.63. The maximum Gasteiger partial charge on any atom is 0.255 e. The summed E-state index contributed by atoms with van der Waals surface area (Å²) in [5, 5.41) is 9.06. The van der Waals surface area contributed by atoms with Crippen molar-refractivity contribution >= 4 is 5.91 Å². The average molecular weight is 252 g/mol. The number of pyridine rings is 1. The number of carbonyl (C=O) groups is 1. The van der Waals surface area contributed by atoms with E-state index >= 15 is 0 Å². The van der Waals surface area contributed by atoms with Gasteiger partial charge in [0.1, 0.15) is 0 Å². The lowest BCUT2D eigenvalue weighted by Gasteiger charge is -2.30. The number of H-pyrrole nitrogens is 1. The van der Waals surface area contributed by atoms with Crippen molar-refractivity contribution in [1.82, 2.24) is 9.88 Å². The van der Waals surface area contributed by atoms with Crippen LogP contribution in [0.15, 0.2) is 23.1 Å². The van der Waals surface area contributed by atoms with E-state index in [2.05, 4.69) is 4.98 Å². The maximum atomic E-state index is 12.3. The predicted molar refractivity (Wildman–Crippen MR) is 69.6 cm³/mol. The fourth-order valence-corrected chi connectivity index (χ4v) is 2.00. The minimum absolute atomic E-state index is 0.0639. The number of aliphatic hydroxyl groups is 1. The summed E-state index contributed by atoms with van der Waals surface area (Å²) in [6.45, 7) is 4.27. The Morgan fingerprint density at radius 3 is 2.50 bits per heavy atom. The van der Waals surface area contributed by atoms with E-state index in [1.54, 1.807) is 4.90 Å². The second-order valence-electron chi connectivity index (χ2n) is 4.13. The normalized spacial score (nSPS) is 10.7. The van der Waals surface area contributed by atoms with Crippen molar-refractivity contribution in [2.45, 2.75) is 32.7 Å². The lowest BCUT2D eigenvalue weighted by Crippen LogP contribution is -2.41. The fourth-order valence-electron chi connectivity index (χ4n) is 2.00. The number of aliphatic hydroxyl groups excluding tert-OH is 1. The molecule has 0 bridgehead atoms. The highest BCUT2D eigenvalue weighted by Gasteiger charge is 2.21. The van der Waals surface area contributed by atoms with Gasteiger partial charge in [-0.25, -0.2) is 0 Å². The van der Waals surface area contributed by atoms with Gasteiger partial charge in [-0.15, -0.1) is 0 Å². The summed E-state index contributed by atoms with van der Waals surface area (Å²) < 4.78 is 0. The Hall–Kier alpha value is -1.62. The summed E-state index contributed by atoms with van der Waals surface area (Å²) in [6.07, 6.45) is 3.09. The van der Waals surface area contributed by atoms with Crippen LogP contribution in [0, 0.1) is 0 Å². The van der Waals surface area contributed by atoms with Gasteiger partial charge in [-0.1, -0.05) is 13.8 Å². The Kier molecular flexibility index (Phi) is 5.58. The molecule has 0 saturated heterocycles. The minimum atomic E-state index is -0.234. The molecule has 5 nitrogen and oxygen atoms in total. The van der Waals surface area contributed by atoms with Crippen LogP contribution in [0.2, 0.25) is 0 Å². The van der Waals surface area contributed by atoms with Crippen LogP contribution < -0.4 is 5.56 Å². The number of rotatable bonds is 6. The molecule has 1 rings (SSSR count). The molecule has 1 aromatic rings. The van der Waals surface area contributed by atoms with Gasteiger partial charge in [-0.3, -0.25) is 9.59 Å². The number of nitrogens with one attached hydrogen (secondary N) is 1. The van der Waals surface area contributed by atoms with Crippen LogP contribution in [0.3, 0.4) is 0 Å². The van der Waals surface area contributed by atoms with Crippen LogP contribution in [-0.2, 0) is 0 Å². The fraction of sp³-hybridized carbons (Fsp3) is 0.538. The Morgan fingerprint density at radius 1 is 1.39 bits per heavy atom. The van der Waals surface area contributed by atoms with E-state index in [9.17, 15) is 9.59 Å². The molecule has 18 heavy (non-hydrogen) atoms. The van der Waals surface area contributed by atoms with Gasteiger partial charge in [-0.2, -0.15) is 0 Å². The van der Waals surface area contributed by atoms with Crippen LogP contribution >= 0.6 is 0 Å². The van der Waals surface area contributed by atoms with Gasteiger partial charge in [0.05, 0.1) is 12.2 Å². The molecule has 0 saturated carbocycles. The molecule has 0 spiro atoms. The standard InChI is InChI=1S/C13H20N2O3/c1-3-11(4-2)15(7-8-16)13(18)10-5-6-12(17)14-9-10/h5-6,9,11,16H,3-4,7-8H2,1-2H3,(H,14,17). The summed E-state index contributed by atoms with van der Waals surface area (Å²) in [4.78, 5) is 27.4. The molecule has 1 amide bonds. The Morgan fingerprint density at radius 2 is 2.06 bits per heavy atom. The van der Waals surface area contributed by atoms with Crippen molar-refractivity contribution < 1.29 is 9.90 Å². The molecule has 100 valence electrons. The first-order valence-electron chi connectivity index (χ1n) is 6.24. The summed E-state index contributed by atoms with van der Waals surface area (Å²) >= 11 is 0. The van der Waals surface area contributed by atoms with E-state index in [-0.39, 0.29) is 24.1 Å². The zero-order chi connectivity index (χ0) is 13.5. The molecule has 0 fully saturated rings. The summed E-state index contributed by atoms with van der Waals surface area (Å²) in [6, 6.07) is 2.95. The SMILES string of the molecule is CCC(CC)N(CCO)C(=O)c1ccc(=O)[nH]c1. The number of nitrogens with zero attached hydrogens (tertiary/aromatic N) is 1. The Bertz CT molecular complexity index is 418. The lowest BCUT2D eigenvalue weighted by molar-refractivity contribution is 0.0622. The summed E-state index contributed by atoms with van der Waals surface area (Å²) in [5.41, 5.74) is 0.206. The number of aromatic nitrogens is 1. The molecular formula is C13H20N2O3. The van der Waals surface area contributed by atoms with Crippen LogP contribution in [0.25, 0.3) is 0 Å². The highest BCUT2D eigenvalue weighted by molar-refractivity contribution is 5.94. The quantitative estimate of drug-likeness (QED) is 0.793. The van der Waals surface area contributed by atoms with Gasteiger partial charge >= 0.3 is 0 Å². The second-order valence-corrected chi connectivity index (χ2v) is 4.13. The number of carbonyl (C=O) groups excluding carboxylic acids is 1. The summed E-state index contributed by atoms with van der Waals surface area (Å²) in [5.74, 6) is -0.158. The van der Waals surface area contributed by atoms with Gasteiger partial charge < -0.3 is 15.0 Å². The maximum absolute atomic E-state index is 12.3. The smallest absolute Gasteiger partial charge is 0.255 e. The molecule has 0 aliphatic carbocycles. The molecule has 0 atom stereocenters. The molecule has 5 heteroatoms. The van der Waals surface area contributed by atoms with Crippen LogP contribution in [0.5, 0.6) is 0 Å². The lowest BCUT2D eigenvalue weighted by atomic mass is 10.1. The van der Waals surface area contributed by atoms with E-state index in [1.807, 2.05) is 13.8 Å². The molecule has 0 radical (unpaired) electrons. The van der Waals surface area contributed by atoms with Crippen molar-refractivity contribution in [2.24, 2.45) is 0 Å². The summed E-state index contributed by atoms with van der Waals surface area (Å²) in [7, 11) is 0. The molecular weight excluding hydrogens is 232 g/mol. The minimum Gasteiger partial charge on any atom is -0.395 e. The second kappa shape index (κ2) is 6.96. The highest BCUT2D eigenvalue weighted by Crippen LogP contribution is 2.12. The van der Waals surface area contributed by atoms with Gasteiger partial charge in [0, 0.05) is 24.8 Å². The van der Waals surface area contributed by atoms with E-state index < -0.39 is 0 Å². The number of hydrogen-bond acceptors (Lipinski definition) is 3. The average Bonchev–Trinajstić information content (AvgIpc) is 2.39. The van der Waals surface area contributed by atoms with Crippen molar-refractivity contribution in [3.05, 3.63) is 34.2 Å². The predicted octanol–water partition coefficient (Wildman–Crippen LogP) is 0.998. The van der Waals surface area contributed by atoms with Crippen molar-refractivity contribution in [1.29, 1.82) is 0 Å². The van der Waals surface area contributed by atoms with Crippen molar-refractivity contribution in [3.63, 3.8) is 0 Å². The topological polar surface area (TPSA) is 73.4 Å². The van der Waals surface area contributed by atoms with Gasteiger partial charge in [0.25, 0.3) is 5.91 Å². The molecule has 1 aromatic heterocycles. The van der Waals surface area contributed by atoms with Crippen LogP contribution in [-0.4, -0.2) is 40.1 Å².